The second kappa shape index (κ2) is 6.55. The highest BCUT2D eigenvalue weighted by Gasteiger charge is 2.11. The molecule has 6 heteroatoms. The number of hydrogen-bond acceptors (Lipinski definition) is 5. The zero-order valence-electron chi connectivity index (χ0n) is 11.1. The highest BCUT2D eigenvalue weighted by atomic mass is 32.2. The van der Waals surface area contributed by atoms with Gasteiger partial charge >= 0.3 is 0 Å². The van der Waals surface area contributed by atoms with E-state index in [1.807, 2.05) is 19.2 Å². The molecule has 0 aliphatic heterocycles. The van der Waals surface area contributed by atoms with E-state index in [0.717, 1.165) is 14.9 Å². The van der Waals surface area contributed by atoms with Crippen LogP contribution in [-0.4, -0.2) is 17.1 Å². The van der Waals surface area contributed by atoms with E-state index in [1.54, 1.807) is 47.4 Å². The van der Waals surface area contributed by atoms with E-state index in [2.05, 4.69) is 10.3 Å². The summed E-state index contributed by atoms with van der Waals surface area (Å²) in [6.45, 7) is 1.92. The first-order valence-electron chi connectivity index (χ1n) is 5.92. The summed E-state index contributed by atoms with van der Waals surface area (Å²) in [6.07, 6.45) is 2.29. The number of hydrogen-bond donors (Lipinski definition) is 1. The number of nitrogens with one attached hydrogen (secondary N) is 1. The number of thioether (sulfide) groups is 1. The van der Waals surface area contributed by atoms with E-state index >= 15 is 0 Å². The van der Waals surface area contributed by atoms with Gasteiger partial charge in [0.15, 0.2) is 0 Å². The van der Waals surface area contributed by atoms with Gasteiger partial charge in [-0.05, 0) is 37.4 Å². The fourth-order valence-electron chi connectivity index (χ4n) is 1.63. The van der Waals surface area contributed by atoms with Crippen LogP contribution in [0.25, 0.3) is 0 Å². The minimum atomic E-state index is -0.0749. The van der Waals surface area contributed by atoms with Crippen LogP contribution in [0, 0.1) is 18.3 Å². The van der Waals surface area contributed by atoms with Gasteiger partial charge in [0, 0.05) is 10.6 Å². The smallest absolute Gasteiger partial charge is 0.229 e. The lowest BCUT2D eigenvalue weighted by Gasteiger charge is -2.04. The Bertz CT molecular complexity index is 656. The van der Waals surface area contributed by atoms with Gasteiger partial charge in [0.1, 0.15) is 4.34 Å². The molecule has 1 aromatic heterocycles. The molecule has 0 unspecified atom stereocenters. The fourth-order valence-corrected chi connectivity index (χ4v) is 3.29. The maximum atomic E-state index is 12.0. The van der Waals surface area contributed by atoms with Crippen molar-refractivity contribution in [2.45, 2.75) is 17.7 Å². The molecule has 4 nitrogen and oxygen atoms in total. The van der Waals surface area contributed by atoms with Crippen molar-refractivity contribution >= 4 is 34.7 Å². The van der Waals surface area contributed by atoms with Crippen molar-refractivity contribution in [3.63, 3.8) is 0 Å². The van der Waals surface area contributed by atoms with Gasteiger partial charge in [-0.15, -0.1) is 11.3 Å². The molecule has 0 spiro atoms. The number of amides is 1. The summed E-state index contributed by atoms with van der Waals surface area (Å²) < 4.78 is 0.976. The van der Waals surface area contributed by atoms with Crippen LogP contribution in [0.2, 0.25) is 0 Å². The molecule has 0 saturated heterocycles. The molecule has 0 saturated carbocycles. The predicted octanol–water partition coefficient (Wildman–Crippen LogP) is 3.23. The number of anilines is 1. The van der Waals surface area contributed by atoms with Gasteiger partial charge < -0.3 is 5.32 Å². The number of rotatable bonds is 4. The summed E-state index contributed by atoms with van der Waals surface area (Å²) in [5, 5.41) is 11.5. The van der Waals surface area contributed by atoms with Crippen LogP contribution in [0.15, 0.2) is 28.6 Å². The third-order valence-electron chi connectivity index (χ3n) is 2.67. The highest BCUT2D eigenvalue weighted by Crippen LogP contribution is 2.25. The van der Waals surface area contributed by atoms with Gasteiger partial charge in [-0.1, -0.05) is 11.8 Å². The van der Waals surface area contributed by atoms with Crippen molar-refractivity contribution in [1.29, 1.82) is 5.26 Å². The third-order valence-corrected chi connectivity index (χ3v) is 4.81. The van der Waals surface area contributed by atoms with Gasteiger partial charge in [-0.25, -0.2) is 4.98 Å². The van der Waals surface area contributed by atoms with Gasteiger partial charge in [-0.2, -0.15) is 5.26 Å². The average Bonchev–Trinajstić information content (AvgIpc) is 2.80. The molecule has 0 bridgehead atoms. The molecule has 1 amide bonds. The molecule has 1 heterocycles. The van der Waals surface area contributed by atoms with Crippen LogP contribution < -0.4 is 5.32 Å². The van der Waals surface area contributed by atoms with E-state index in [9.17, 15) is 4.79 Å². The Morgan fingerprint density at radius 1 is 1.45 bits per heavy atom. The first-order valence-corrected chi connectivity index (χ1v) is 7.97. The molecule has 20 heavy (non-hydrogen) atoms. The van der Waals surface area contributed by atoms with Crippen LogP contribution in [0.4, 0.5) is 5.69 Å². The molecular weight excluding hydrogens is 290 g/mol. The Morgan fingerprint density at radius 2 is 2.15 bits per heavy atom. The number of thiazole rings is 1. The second-order valence-electron chi connectivity index (χ2n) is 4.11. The van der Waals surface area contributed by atoms with Crippen LogP contribution in [-0.2, 0) is 11.2 Å². The van der Waals surface area contributed by atoms with E-state index in [0.29, 0.717) is 17.7 Å². The maximum absolute atomic E-state index is 12.0. The Labute approximate surface area is 125 Å². The minimum Gasteiger partial charge on any atom is -0.326 e. The van der Waals surface area contributed by atoms with Crippen LogP contribution >= 0.6 is 23.1 Å². The zero-order chi connectivity index (χ0) is 14.5. The van der Waals surface area contributed by atoms with Crippen LogP contribution in [0.5, 0.6) is 0 Å². The second-order valence-corrected chi connectivity index (χ2v) is 6.24. The highest BCUT2D eigenvalue weighted by molar-refractivity contribution is 8.00. The van der Waals surface area contributed by atoms with Crippen molar-refractivity contribution in [3.8, 4) is 6.07 Å². The Balaban J connectivity index is 2.01. The standard InChI is InChI=1S/C14H13N3OS2/c1-9-12(20-14(16-9)19-2)7-13(18)17-11-5-3-10(8-15)4-6-11/h3-6H,7H2,1-2H3,(H,17,18). The van der Waals surface area contributed by atoms with Crippen molar-refractivity contribution in [1.82, 2.24) is 4.98 Å². The summed E-state index contributed by atoms with van der Waals surface area (Å²) in [7, 11) is 0. The summed E-state index contributed by atoms with van der Waals surface area (Å²) in [4.78, 5) is 17.3. The molecule has 1 N–H and O–H groups in total. The minimum absolute atomic E-state index is 0.0749. The lowest BCUT2D eigenvalue weighted by Crippen LogP contribution is -2.14. The Morgan fingerprint density at radius 3 is 2.70 bits per heavy atom. The molecule has 0 aliphatic rings. The number of aromatic nitrogens is 1. The number of nitriles is 1. The predicted molar refractivity (Wildman–Crippen MR) is 82.1 cm³/mol. The van der Waals surface area contributed by atoms with Crippen LogP contribution in [0.3, 0.4) is 0 Å². The van der Waals surface area contributed by atoms with Gasteiger partial charge in [0.25, 0.3) is 0 Å². The van der Waals surface area contributed by atoms with E-state index in [1.165, 1.54) is 0 Å². The van der Waals surface area contributed by atoms with E-state index < -0.39 is 0 Å². The maximum Gasteiger partial charge on any atom is 0.229 e. The Hall–Kier alpha value is -1.84. The number of aryl methyl sites for hydroxylation is 1. The average molecular weight is 303 g/mol. The quantitative estimate of drug-likeness (QED) is 0.881. The van der Waals surface area contributed by atoms with Crippen molar-refractivity contribution in [2.24, 2.45) is 0 Å². The van der Waals surface area contributed by atoms with E-state index in [-0.39, 0.29) is 5.91 Å². The number of nitrogens with zero attached hydrogens (tertiary/aromatic N) is 2. The number of carbonyl (C=O) groups excluding carboxylic acids is 1. The number of benzene rings is 1. The molecule has 2 aromatic rings. The number of carbonyl (C=O) groups is 1. The Kier molecular flexibility index (Phi) is 4.77. The molecule has 2 rings (SSSR count). The fraction of sp³-hybridized carbons (Fsp3) is 0.214. The SMILES string of the molecule is CSc1nc(C)c(CC(=O)Nc2ccc(C#N)cc2)s1. The molecule has 102 valence electrons. The normalized spacial score (nSPS) is 10.1. The van der Waals surface area contributed by atoms with Gasteiger partial charge in [-0.3, -0.25) is 4.79 Å². The van der Waals surface area contributed by atoms with Crippen molar-refractivity contribution in [3.05, 3.63) is 40.4 Å². The molecule has 0 fully saturated rings. The first kappa shape index (κ1) is 14.6. The van der Waals surface area contributed by atoms with Gasteiger partial charge in [0.2, 0.25) is 5.91 Å². The van der Waals surface area contributed by atoms with Crippen LogP contribution in [0.1, 0.15) is 16.1 Å². The van der Waals surface area contributed by atoms with Crippen molar-refractivity contribution in [2.75, 3.05) is 11.6 Å². The van der Waals surface area contributed by atoms with Crippen molar-refractivity contribution < 1.29 is 4.79 Å². The lowest BCUT2D eigenvalue weighted by atomic mass is 10.2. The van der Waals surface area contributed by atoms with Gasteiger partial charge in [0.05, 0.1) is 23.7 Å². The largest absolute Gasteiger partial charge is 0.326 e. The summed E-state index contributed by atoms with van der Waals surface area (Å²) in [6, 6.07) is 8.85. The molecule has 0 atom stereocenters. The summed E-state index contributed by atoms with van der Waals surface area (Å²) >= 11 is 3.14. The molecule has 0 aliphatic carbocycles. The molecule has 1 aromatic carbocycles. The zero-order valence-corrected chi connectivity index (χ0v) is 12.8. The third kappa shape index (κ3) is 3.59. The molecule has 0 radical (unpaired) electrons. The lowest BCUT2D eigenvalue weighted by molar-refractivity contribution is -0.115. The monoisotopic (exact) mass is 303 g/mol. The first-order chi connectivity index (χ1) is 9.62. The summed E-state index contributed by atoms with van der Waals surface area (Å²) in [5.74, 6) is -0.0749. The topological polar surface area (TPSA) is 65.8 Å². The van der Waals surface area contributed by atoms with E-state index in [4.69, 9.17) is 5.26 Å². The summed E-state index contributed by atoms with van der Waals surface area (Å²) in [5.41, 5.74) is 2.18. The molecular formula is C14H13N3OS2.